The quantitative estimate of drug-likeness (QED) is 0.277. The first kappa shape index (κ1) is 34.4. The van der Waals surface area contributed by atoms with E-state index in [2.05, 4.69) is 46.9 Å². The molecule has 2 aromatic rings. The fourth-order valence-corrected chi connectivity index (χ4v) is 6.83. The Morgan fingerprint density at radius 3 is 2.09 bits per heavy atom. The van der Waals surface area contributed by atoms with E-state index in [0.29, 0.717) is 30.7 Å². The molecule has 0 aliphatic heterocycles. The summed E-state index contributed by atoms with van der Waals surface area (Å²) >= 11 is 0. The highest BCUT2D eigenvalue weighted by Crippen LogP contribution is 2.51. The zero-order valence-corrected chi connectivity index (χ0v) is 26.7. The van der Waals surface area contributed by atoms with Gasteiger partial charge >= 0.3 is 12.1 Å². The first-order valence-corrected chi connectivity index (χ1v) is 15.1. The summed E-state index contributed by atoms with van der Waals surface area (Å²) in [6.07, 6.45) is 0.0667. The molecule has 1 aromatic heterocycles. The lowest BCUT2D eigenvalue weighted by Crippen LogP contribution is -2.50. The molecule has 3 rings (SSSR count). The number of carboxylic acid groups (broad SMARTS) is 1. The van der Waals surface area contributed by atoms with Crippen molar-refractivity contribution in [1.82, 2.24) is 9.88 Å². The Balaban J connectivity index is 1.84. The minimum absolute atomic E-state index is 0.0424. The summed E-state index contributed by atoms with van der Waals surface area (Å²) in [4.78, 5) is 38.9. The molecule has 1 fully saturated rings. The average Bonchev–Trinajstić information content (AvgIpc) is 3.34. The largest absolute Gasteiger partial charge is 0.480 e. The molecule has 0 spiro atoms. The third kappa shape index (κ3) is 7.90. The number of hydrogen-bond donors (Lipinski definition) is 2. The number of aryl methyl sites for hydroxylation is 1. The van der Waals surface area contributed by atoms with Gasteiger partial charge in [-0.2, -0.15) is 13.2 Å². The molecule has 0 bridgehead atoms. The van der Waals surface area contributed by atoms with Crippen molar-refractivity contribution in [2.24, 2.45) is 29.2 Å². The number of nitrogens with one attached hydrogen (secondary N) is 1. The number of carbonyl (C=O) groups is 2. The van der Waals surface area contributed by atoms with Gasteiger partial charge in [0, 0.05) is 24.6 Å². The molecule has 1 atom stereocenters. The van der Waals surface area contributed by atoms with Gasteiger partial charge in [0.15, 0.2) is 0 Å². The molecule has 0 saturated heterocycles. The van der Waals surface area contributed by atoms with Crippen LogP contribution in [0.1, 0.15) is 96.9 Å². The fraction of sp³-hybridized carbons (Fsp3) is 0.618. The number of nitrogens with zero attached hydrogens (tertiary/aromatic N) is 1. The predicted molar refractivity (Wildman–Crippen MR) is 163 cm³/mol. The maximum atomic E-state index is 13.8. The topological polar surface area (TPSA) is 88.4 Å². The van der Waals surface area contributed by atoms with E-state index >= 15 is 0 Å². The first-order chi connectivity index (χ1) is 19.7. The van der Waals surface area contributed by atoms with E-state index in [1.54, 1.807) is 0 Å². The van der Waals surface area contributed by atoms with Gasteiger partial charge in [0.05, 0.1) is 11.1 Å². The number of carbonyl (C=O) groups excluding carboxylic acids is 1. The monoisotopic (exact) mass is 604 g/mol. The van der Waals surface area contributed by atoms with Crippen LogP contribution in [0.15, 0.2) is 35.1 Å². The van der Waals surface area contributed by atoms with E-state index in [-0.39, 0.29) is 34.4 Å². The van der Waals surface area contributed by atoms with Crippen molar-refractivity contribution in [3.8, 4) is 11.1 Å². The van der Waals surface area contributed by atoms with Gasteiger partial charge in [-0.3, -0.25) is 9.59 Å². The van der Waals surface area contributed by atoms with E-state index in [0.717, 1.165) is 25.3 Å². The second-order valence-corrected chi connectivity index (χ2v) is 14.4. The predicted octanol–water partition coefficient (Wildman–Crippen LogP) is 7.54. The molecule has 0 unspecified atom stereocenters. The van der Waals surface area contributed by atoms with E-state index in [4.69, 9.17) is 0 Å². The van der Waals surface area contributed by atoms with Crippen LogP contribution in [0.5, 0.6) is 0 Å². The van der Waals surface area contributed by atoms with Gasteiger partial charge in [-0.15, -0.1) is 0 Å². The Kier molecular flexibility index (Phi) is 9.99. The number of amides is 1. The lowest BCUT2D eigenvalue weighted by molar-refractivity contribution is -0.144. The third-order valence-electron chi connectivity index (χ3n) is 9.62. The molecule has 9 heteroatoms. The number of aliphatic carboxylic acids is 1. The molecule has 1 amide bonds. The van der Waals surface area contributed by atoms with Crippen LogP contribution in [0.3, 0.4) is 0 Å². The molecule has 1 aliphatic carbocycles. The SMILES string of the molecule is Cc1cc(C(F)(F)F)c(-c2ccc(C[C@H](NC(=O)C3(CC(C)(C)CC(C)(C)C(C)C)CCCC3)C(=O)O)cc2)c(=O)n1C. The molecule has 43 heavy (non-hydrogen) atoms. The standard InChI is InChI=1S/C34H47F3N2O4/c1-21(2)32(6,7)19-31(4,5)20-33(15-9-10-16-33)30(43)38-26(29(41)42)18-23-11-13-24(14-12-23)27-25(34(35,36)37)17-22(3)39(8)28(27)40/h11-14,17,21,26H,9-10,15-16,18-20H2,1-8H3,(H,38,43)(H,41,42)/t26-/m0/s1. The van der Waals surface area contributed by atoms with Crippen molar-refractivity contribution in [2.75, 3.05) is 0 Å². The Labute approximate surface area is 253 Å². The Morgan fingerprint density at radius 2 is 1.60 bits per heavy atom. The first-order valence-electron chi connectivity index (χ1n) is 15.1. The van der Waals surface area contributed by atoms with Crippen LogP contribution in [-0.2, 0) is 29.2 Å². The zero-order chi connectivity index (χ0) is 32.5. The summed E-state index contributed by atoms with van der Waals surface area (Å²) in [5.74, 6) is -0.961. The van der Waals surface area contributed by atoms with Crippen molar-refractivity contribution in [2.45, 2.75) is 106 Å². The van der Waals surface area contributed by atoms with Crippen molar-refractivity contribution in [3.05, 3.63) is 57.5 Å². The Bertz CT molecular complexity index is 1380. The number of benzene rings is 1. The number of rotatable bonds is 11. The normalized spacial score (nSPS) is 16.4. The fourth-order valence-electron chi connectivity index (χ4n) is 6.83. The molecule has 1 aliphatic rings. The van der Waals surface area contributed by atoms with E-state index in [9.17, 15) is 32.7 Å². The molecular formula is C34H47F3N2O4. The summed E-state index contributed by atoms with van der Waals surface area (Å²) in [7, 11) is 1.42. The number of carboxylic acids is 1. The lowest BCUT2D eigenvalue weighted by Gasteiger charge is -2.42. The molecular weight excluding hydrogens is 557 g/mol. The van der Waals surface area contributed by atoms with Crippen molar-refractivity contribution < 1.29 is 27.9 Å². The summed E-state index contributed by atoms with van der Waals surface area (Å²) in [5.41, 5.74) is -2.14. The van der Waals surface area contributed by atoms with Gasteiger partial charge in [0.2, 0.25) is 5.91 Å². The molecule has 1 saturated carbocycles. The molecule has 238 valence electrons. The van der Waals surface area contributed by atoms with Crippen LogP contribution in [0.2, 0.25) is 0 Å². The van der Waals surface area contributed by atoms with Crippen molar-refractivity contribution in [3.63, 3.8) is 0 Å². The second kappa shape index (κ2) is 12.5. The van der Waals surface area contributed by atoms with Gasteiger partial charge in [-0.1, -0.05) is 78.6 Å². The minimum atomic E-state index is -4.72. The van der Waals surface area contributed by atoms with Crippen LogP contribution in [0.4, 0.5) is 13.2 Å². The van der Waals surface area contributed by atoms with Gasteiger partial charge in [0.25, 0.3) is 5.56 Å². The van der Waals surface area contributed by atoms with E-state index < -0.39 is 40.3 Å². The zero-order valence-electron chi connectivity index (χ0n) is 26.7. The maximum Gasteiger partial charge on any atom is 0.417 e. The lowest BCUT2D eigenvalue weighted by atomic mass is 9.63. The Morgan fingerprint density at radius 1 is 1.05 bits per heavy atom. The van der Waals surface area contributed by atoms with Crippen molar-refractivity contribution >= 4 is 11.9 Å². The molecule has 6 nitrogen and oxygen atoms in total. The number of aromatic nitrogens is 1. The molecule has 0 radical (unpaired) electrons. The van der Waals surface area contributed by atoms with E-state index in [1.165, 1.54) is 42.8 Å². The summed E-state index contributed by atoms with van der Waals surface area (Å²) in [6.45, 7) is 14.7. The average molecular weight is 605 g/mol. The smallest absolute Gasteiger partial charge is 0.417 e. The maximum absolute atomic E-state index is 13.8. The number of hydrogen-bond acceptors (Lipinski definition) is 3. The second-order valence-electron chi connectivity index (χ2n) is 14.4. The summed E-state index contributed by atoms with van der Waals surface area (Å²) in [5, 5.41) is 12.8. The molecule has 2 N–H and O–H groups in total. The Hall–Kier alpha value is -3.10. The van der Waals surface area contributed by atoms with Crippen LogP contribution >= 0.6 is 0 Å². The minimum Gasteiger partial charge on any atom is -0.480 e. The highest BCUT2D eigenvalue weighted by Gasteiger charge is 2.47. The van der Waals surface area contributed by atoms with Crippen LogP contribution in [0, 0.1) is 29.1 Å². The van der Waals surface area contributed by atoms with Gasteiger partial charge < -0.3 is 15.0 Å². The van der Waals surface area contributed by atoms with Crippen LogP contribution in [0.25, 0.3) is 11.1 Å². The van der Waals surface area contributed by atoms with Crippen LogP contribution in [-0.4, -0.2) is 27.6 Å². The van der Waals surface area contributed by atoms with Gasteiger partial charge in [0.1, 0.15) is 6.04 Å². The number of alkyl halides is 3. The number of pyridine rings is 1. The van der Waals surface area contributed by atoms with E-state index in [1.807, 2.05) is 0 Å². The van der Waals surface area contributed by atoms with Gasteiger partial charge in [-0.05, 0) is 66.5 Å². The number of halogens is 3. The van der Waals surface area contributed by atoms with Crippen molar-refractivity contribution in [1.29, 1.82) is 0 Å². The summed E-state index contributed by atoms with van der Waals surface area (Å²) in [6, 6.07) is 5.57. The summed E-state index contributed by atoms with van der Waals surface area (Å²) < 4.78 is 42.6. The van der Waals surface area contributed by atoms with Crippen LogP contribution < -0.4 is 10.9 Å². The molecule has 1 aromatic carbocycles. The molecule has 1 heterocycles. The van der Waals surface area contributed by atoms with Gasteiger partial charge in [-0.25, -0.2) is 4.79 Å². The highest BCUT2D eigenvalue weighted by atomic mass is 19.4. The third-order valence-corrected chi connectivity index (χ3v) is 9.62. The highest BCUT2D eigenvalue weighted by molar-refractivity contribution is 5.88.